The van der Waals surface area contributed by atoms with E-state index in [1.165, 1.54) is 12.0 Å². The first-order valence-corrected chi connectivity index (χ1v) is 8.00. The molecule has 1 heterocycles. The van der Waals surface area contributed by atoms with E-state index in [4.69, 9.17) is 15.2 Å². The molecule has 1 atom stereocenters. The molecule has 118 valence electrons. The molecule has 4 heteroatoms. The molecule has 1 aliphatic heterocycles. The van der Waals surface area contributed by atoms with Crippen LogP contribution in [-0.4, -0.2) is 37.7 Å². The number of rotatable bonds is 7. The van der Waals surface area contributed by atoms with Gasteiger partial charge in [-0.2, -0.15) is 0 Å². The maximum Gasteiger partial charge on any atom is 0.130 e. The average molecular weight is 292 g/mol. The number of nitrogens with two attached hydrogens (primary N) is 1. The van der Waals surface area contributed by atoms with E-state index in [0.717, 1.165) is 43.2 Å². The molecular formula is C17H28N2O2. The molecule has 1 unspecified atom stereocenters. The topological polar surface area (TPSA) is 47.7 Å². The predicted molar refractivity (Wildman–Crippen MR) is 86.0 cm³/mol. The molecule has 1 fully saturated rings. The SMILES string of the molecule is CCOc1ccc(CN2CCC(CN)C2)c(OCC)c1C. The normalized spacial score (nSPS) is 19.0. The number of likely N-dealkylation sites (tertiary alicyclic amines) is 1. The van der Waals surface area contributed by atoms with Crippen LogP contribution in [0.1, 0.15) is 31.4 Å². The van der Waals surface area contributed by atoms with Gasteiger partial charge in [0.1, 0.15) is 11.5 Å². The fourth-order valence-corrected chi connectivity index (χ4v) is 3.00. The largest absolute Gasteiger partial charge is 0.493 e. The minimum Gasteiger partial charge on any atom is -0.493 e. The van der Waals surface area contributed by atoms with Crippen molar-refractivity contribution in [2.45, 2.75) is 33.7 Å². The second kappa shape index (κ2) is 7.66. The summed E-state index contributed by atoms with van der Waals surface area (Å²) in [7, 11) is 0. The molecule has 1 aromatic carbocycles. The van der Waals surface area contributed by atoms with Crippen molar-refractivity contribution < 1.29 is 9.47 Å². The highest BCUT2D eigenvalue weighted by Crippen LogP contribution is 2.33. The summed E-state index contributed by atoms with van der Waals surface area (Å²) in [5.41, 5.74) is 8.12. The van der Waals surface area contributed by atoms with Crippen molar-refractivity contribution in [3.05, 3.63) is 23.3 Å². The average Bonchev–Trinajstić information content (AvgIpc) is 2.93. The number of hydrogen-bond acceptors (Lipinski definition) is 4. The Morgan fingerprint density at radius 3 is 2.62 bits per heavy atom. The van der Waals surface area contributed by atoms with Gasteiger partial charge in [0.15, 0.2) is 0 Å². The van der Waals surface area contributed by atoms with Crippen LogP contribution in [0.2, 0.25) is 0 Å². The molecule has 1 aliphatic rings. The summed E-state index contributed by atoms with van der Waals surface area (Å²) in [6, 6.07) is 4.20. The van der Waals surface area contributed by atoms with Gasteiger partial charge in [0.2, 0.25) is 0 Å². The molecular weight excluding hydrogens is 264 g/mol. The summed E-state index contributed by atoms with van der Waals surface area (Å²) in [4.78, 5) is 2.47. The number of ether oxygens (including phenoxy) is 2. The van der Waals surface area contributed by atoms with Crippen LogP contribution < -0.4 is 15.2 Å². The van der Waals surface area contributed by atoms with Crippen LogP contribution >= 0.6 is 0 Å². The molecule has 0 spiro atoms. The standard InChI is InChI=1S/C17H28N2O2/c1-4-20-16-7-6-15(17(13(16)3)21-5-2)12-19-9-8-14(10-18)11-19/h6-7,14H,4-5,8-12,18H2,1-3H3. The van der Waals surface area contributed by atoms with Crippen LogP contribution in [-0.2, 0) is 6.54 Å². The minimum atomic E-state index is 0.643. The Balaban J connectivity index is 2.16. The molecule has 2 N–H and O–H groups in total. The zero-order chi connectivity index (χ0) is 15.2. The number of nitrogens with zero attached hydrogens (tertiary/aromatic N) is 1. The van der Waals surface area contributed by atoms with Gasteiger partial charge in [-0.1, -0.05) is 6.07 Å². The third-order valence-corrected chi connectivity index (χ3v) is 4.12. The minimum absolute atomic E-state index is 0.643. The van der Waals surface area contributed by atoms with Crippen molar-refractivity contribution >= 4 is 0 Å². The highest BCUT2D eigenvalue weighted by atomic mass is 16.5. The Morgan fingerprint density at radius 2 is 2.00 bits per heavy atom. The van der Waals surface area contributed by atoms with Crippen molar-refractivity contribution in [2.24, 2.45) is 11.7 Å². The smallest absolute Gasteiger partial charge is 0.130 e. The number of hydrogen-bond donors (Lipinski definition) is 1. The van der Waals surface area contributed by atoms with Gasteiger partial charge in [-0.3, -0.25) is 4.90 Å². The van der Waals surface area contributed by atoms with Crippen molar-refractivity contribution in [1.82, 2.24) is 4.90 Å². The fourth-order valence-electron chi connectivity index (χ4n) is 3.00. The molecule has 0 amide bonds. The van der Waals surface area contributed by atoms with Crippen LogP contribution in [0.3, 0.4) is 0 Å². The molecule has 1 aromatic rings. The van der Waals surface area contributed by atoms with Crippen molar-refractivity contribution in [1.29, 1.82) is 0 Å². The Bertz CT molecular complexity index is 462. The molecule has 4 nitrogen and oxygen atoms in total. The second-order valence-corrected chi connectivity index (χ2v) is 5.67. The van der Waals surface area contributed by atoms with Crippen molar-refractivity contribution in [3.63, 3.8) is 0 Å². The lowest BCUT2D eigenvalue weighted by atomic mass is 10.1. The fraction of sp³-hybridized carbons (Fsp3) is 0.647. The summed E-state index contributed by atoms with van der Waals surface area (Å²) < 4.78 is 11.6. The molecule has 1 saturated heterocycles. The van der Waals surface area contributed by atoms with Crippen LogP contribution in [0.4, 0.5) is 0 Å². The lowest BCUT2D eigenvalue weighted by molar-refractivity contribution is 0.291. The molecule has 2 rings (SSSR count). The highest BCUT2D eigenvalue weighted by molar-refractivity contribution is 5.49. The summed E-state index contributed by atoms with van der Waals surface area (Å²) in [6.45, 7) is 11.4. The monoisotopic (exact) mass is 292 g/mol. The van der Waals surface area contributed by atoms with Crippen LogP contribution in [0.15, 0.2) is 12.1 Å². The highest BCUT2D eigenvalue weighted by Gasteiger charge is 2.23. The van der Waals surface area contributed by atoms with E-state index in [2.05, 4.69) is 24.0 Å². The molecule has 0 radical (unpaired) electrons. The van der Waals surface area contributed by atoms with E-state index in [9.17, 15) is 0 Å². The molecule has 0 aliphatic carbocycles. The second-order valence-electron chi connectivity index (χ2n) is 5.67. The Morgan fingerprint density at radius 1 is 1.24 bits per heavy atom. The van der Waals surface area contributed by atoms with E-state index >= 15 is 0 Å². The molecule has 0 saturated carbocycles. The summed E-state index contributed by atoms with van der Waals surface area (Å²) >= 11 is 0. The van der Waals surface area contributed by atoms with Crippen LogP contribution in [0.25, 0.3) is 0 Å². The molecule has 0 bridgehead atoms. The van der Waals surface area contributed by atoms with E-state index in [-0.39, 0.29) is 0 Å². The van der Waals surface area contributed by atoms with Crippen LogP contribution in [0.5, 0.6) is 11.5 Å². The van der Waals surface area contributed by atoms with E-state index in [1.54, 1.807) is 0 Å². The lowest BCUT2D eigenvalue weighted by Gasteiger charge is -2.21. The van der Waals surface area contributed by atoms with Gasteiger partial charge in [0.05, 0.1) is 13.2 Å². The van der Waals surface area contributed by atoms with Gasteiger partial charge in [0.25, 0.3) is 0 Å². The maximum absolute atomic E-state index is 5.89. The van der Waals surface area contributed by atoms with E-state index < -0.39 is 0 Å². The lowest BCUT2D eigenvalue weighted by Crippen LogP contribution is -2.23. The first-order valence-electron chi connectivity index (χ1n) is 8.00. The predicted octanol–water partition coefficient (Wildman–Crippen LogP) is 2.57. The summed E-state index contributed by atoms with van der Waals surface area (Å²) in [5, 5.41) is 0. The third-order valence-electron chi connectivity index (χ3n) is 4.12. The zero-order valence-corrected chi connectivity index (χ0v) is 13.5. The first kappa shape index (κ1) is 16.1. The Hall–Kier alpha value is -1.26. The van der Waals surface area contributed by atoms with Gasteiger partial charge in [0, 0.05) is 24.2 Å². The quantitative estimate of drug-likeness (QED) is 0.839. The zero-order valence-electron chi connectivity index (χ0n) is 13.5. The van der Waals surface area contributed by atoms with Gasteiger partial charge in [-0.25, -0.2) is 0 Å². The van der Waals surface area contributed by atoms with Gasteiger partial charge in [-0.15, -0.1) is 0 Å². The number of benzene rings is 1. The maximum atomic E-state index is 5.89. The van der Waals surface area contributed by atoms with Crippen LogP contribution in [0, 0.1) is 12.8 Å². The van der Waals surface area contributed by atoms with Crippen molar-refractivity contribution in [2.75, 3.05) is 32.8 Å². The molecule has 0 aromatic heterocycles. The Kier molecular flexibility index (Phi) is 5.88. The van der Waals surface area contributed by atoms with Crippen molar-refractivity contribution in [3.8, 4) is 11.5 Å². The van der Waals surface area contributed by atoms with E-state index in [1.807, 2.05) is 13.8 Å². The third kappa shape index (κ3) is 3.89. The summed E-state index contributed by atoms with van der Waals surface area (Å²) in [6.07, 6.45) is 1.20. The van der Waals surface area contributed by atoms with Gasteiger partial charge in [-0.05, 0) is 52.3 Å². The van der Waals surface area contributed by atoms with Gasteiger partial charge >= 0.3 is 0 Å². The van der Waals surface area contributed by atoms with Gasteiger partial charge < -0.3 is 15.2 Å². The summed E-state index contributed by atoms with van der Waals surface area (Å²) in [5.74, 6) is 2.55. The first-order chi connectivity index (χ1) is 10.2. The Labute approximate surface area is 128 Å². The molecule has 21 heavy (non-hydrogen) atoms. The van der Waals surface area contributed by atoms with E-state index in [0.29, 0.717) is 19.1 Å².